The van der Waals surface area contributed by atoms with Crippen LogP contribution in [0.25, 0.3) is 0 Å². The molecule has 1 unspecified atom stereocenters. The molecule has 16 heavy (non-hydrogen) atoms. The van der Waals surface area contributed by atoms with E-state index in [0.717, 1.165) is 5.56 Å². The van der Waals surface area contributed by atoms with Crippen molar-refractivity contribution in [3.05, 3.63) is 35.9 Å². The first-order valence-corrected chi connectivity index (χ1v) is 6.81. The van der Waals surface area contributed by atoms with Crippen LogP contribution in [0.4, 0.5) is 0 Å². The van der Waals surface area contributed by atoms with Gasteiger partial charge < -0.3 is 10.5 Å². The predicted molar refractivity (Wildman–Crippen MR) is 63.5 cm³/mol. The summed E-state index contributed by atoms with van der Waals surface area (Å²) in [7, 11) is -3.23. The van der Waals surface area contributed by atoms with Gasteiger partial charge in [0, 0.05) is 6.54 Å². The van der Waals surface area contributed by atoms with Gasteiger partial charge in [-0.25, -0.2) is 8.42 Å². The zero-order valence-corrected chi connectivity index (χ0v) is 10.1. The highest BCUT2D eigenvalue weighted by atomic mass is 32.2. The lowest BCUT2D eigenvalue weighted by Gasteiger charge is -2.10. The molecule has 0 spiro atoms. The molecule has 4 nitrogen and oxygen atoms in total. The highest BCUT2D eigenvalue weighted by molar-refractivity contribution is 7.91. The van der Waals surface area contributed by atoms with Gasteiger partial charge in [-0.1, -0.05) is 30.3 Å². The third kappa shape index (κ3) is 3.92. The van der Waals surface area contributed by atoms with Gasteiger partial charge in [0.1, 0.15) is 5.94 Å². The van der Waals surface area contributed by atoms with E-state index in [2.05, 4.69) is 0 Å². The van der Waals surface area contributed by atoms with E-state index in [-0.39, 0.29) is 12.5 Å². The van der Waals surface area contributed by atoms with Gasteiger partial charge in [0.05, 0.1) is 11.9 Å². The quantitative estimate of drug-likeness (QED) is 0.806. The first-order chi connectivity index (χ1) is 7.56. The normalized spacial score (nSPS) is 13.6. The van der Waals surface area contributed by atoms with E-state index in [4.69, 9.17) is 10.5 Å². The molecular weight excluding hydrogens is 226 g/mol. The van der Waals surface area contributed by atoms with Crippen LogP contribution >= 0.6 is 0 Å². The van der Waals surface area contributed by atoms with Gasteiger partial charge in [0.25, 0.3) is 0 Å². The Morgan fingerprint density at radius 1 is 1.31 bits per heavy atom. The minimum Gasteiger partial charge on any atom is -0.361 e. The largest absolute Gasteiger partial charge is 0.361 e. The molecule has 0 saturated heterocycles. The van der Waals surface area contributed by atoms with Gasteiger partial charge in [-0.05, 0) is 12.5 Å². The average Bonchev–Trinajstić information content (AvgIpc) is 2.29. The van der Waals surface area contributed by atoms with Crippen molar-refractivity contribution in [1.29, 1.82) is 0 Å². The standard InChI is InChI=1S/C11H17NO3S/c1-10(7-12)16(13,14)9-15-8-11-5-3-2-4-6-11/h2-6,10H,7-9,12H2,1H3. The Morgan fingerprint density at radius 3 is 2.50 bits per heavy atom. The first-order valence-electron chi connectivity index (χ1n) is 5.09. The maximum absolute atomic E-state index is 11.5. The lowest BCUT2D eigenvalue weighted by atomic mass is 10.2. The number of nitrogens with two attached hydrogens (primary N) is 1. The zero-order valence-electron chi connectivity index (χ0n) is 9.30. The van der Waals surface area contributed by atoms with Crippen LogP contribution in [0.15, 0.2) is 30.3 Å². The molecule has 0 fully saturated rings. The van der Waals surface area contributed by atoms with Crippen LogP contribution in [0, 0.1) is 0 Å². The van der Waals surface area contributed by atoms with Crippen LogP contribution in [0.5, 0.6) is 0 Å². The van der Waals surface area contributed by atoms with Crippen LogP contribution in [-0.2, 0) is 21.2 Å². The summed E-state index contributed by atoms with van der Waals surface area (Å²) in [4.78, 5) is 0. The Hall–Kier alpha value is -0.910. The highest BCUT2D eigenvalue weighted by Crippen LogP contribution is 2.05. The van der Waals surface area contributed by atoms with Crippen molar-refractivity contribution < 1.29 is 13.2 Å². The van der Waals surface area contributed by atoms with Crippen LogP contribution in [0.1, 0.15) is 12.5 Å². The Bertz CT molecular complexity index is 402. The molecule has 1 aromatic rings. The van der Waals surface area contributed by atoms with Crippen LogP contribution in [-0.4, -0.2) is 26.2 Å². The van der Waals surface area contributed by atoms with Crippen molar-refractivity contribution in [2.75, 3.05) is 12.5 Å². The molecule has 0 radical (unpaired) electrons. The summed E-state index contributed by atoms with van der Waals surface area (Å²) in [5.41, 5.74) is 6.26. The Labute approximate surface area is 96.3 Å². The monoisotopic (exact) mass is 243 g/mol. The second kappa shape index (κ2) is 5.98. The van der Waals surface area contributed by atoms with E-state index < -0.39 is 15.1 Å². The molecule has 0 heterocycles. The van der Waals surface area contributed by atoms with E-state index in [9.17, 15) is 8.42 Å². The number of hydrogen-bond acceptors (Lipinski definition) is 4. The Balaban J connectivity index is 2.42. The number of ether oxygens (including phenoxy) is 1. The molecule has 0 aliphatic heterocycles. The maximum atomic E-state index is 11.5. The molecule has 0 bridgehead atoms. The summed E-state index contributed by atoms with van der Waals surface area (Å²) in [5.74, 6) is -0.278. The summed E-state index contributed by atoms with van der Waals surface area (Å²) >= 11 is 0. The second-order valence-corrected chi connectivity index (χ2v) is 6.03. The van der Waals surface area contributed by atoms with E-state index in [1.807, 2.05) is 30.3 Å². The molecule has 0 aliphatic carbocycles. The van der Waals surface area contributed by atoms with Gasteiger partial charge in [0.15, 0.2) is 9.84 Å². The summed E-state index contributed by atoms with van der Waals surface area (Å²) in [6.45, 7) is 2.01. The number of rotatable bonds is 6. The van der Waals surface area contributed by atoms with Gasteiger partial charge in [-0.3, -0.25) is 0 Å². The number of sulfone groups is 1. The van der Waals surface area contributed by atoms with E-state index >= 15 is 0 Å². The number of hydrogen-bond donors (Lipinski definition) is 1. The van der Waals surface area contributed by atoms with Gasteiger partial charge in [-0.2, -0.15) is 0 Å². The van der Waals surface area contributed by atoms with E-state index in [1.165, 1.54) is 0 Å². The highest BCUT2D eigenvalue weighted by Gasteiger charge is 2.19. The molecule has 5 heteroatoms. The molecule has 90 valence electrons. The molecule has 1 aromatic carbocycles. The third-order valence-corrected chi connectivity index (χ3v) is 4.22. The minimum atomic E-state index is -3.23. The SMILES string of the molecule is CC(CN)S(=O)(=O)COCc1ccccc1. The van der Waals surface area contributed by atoms with Crippen molar-refractivity contribution in [2.24, 2.45) is 5.73 Å². The van der Waals surface area contributed by atoms with Crippen LogP contribution in [0.3, 0.4) is 0 Å². The molecule has 0 aliphatic rings. The van der Waals surface area contributed by atoms with E-state index in [0.29, 0.717) is 6.61 Å². The van der Waals surface area contributed by atoms with Crippen molar-refractivity contribution in [1.82, 2.24) is 0 Å². The third-order valence-electron chi connectivity index (χ3n) is 2.30. The number of benzene rings is 1. The average molecular weight is 243 g/mol. The molecule has 0 aromatic heterocycles. The molecule has 1 atom stereocenters. The second-order valence-electron chi connectivity index (χ2n) is 3.66. The summed E-state index contributed by atoms with van der Waals surface area (Å²) in [6.07, 6.45) is 0. The van der Waals surface area contributed by atoms with Crippen molar-refractivity contribution in [3.63, 3.8) is 0 Å². The lowest BCUT2D eigenvalue weighted by molar-refractivity contribution is 0.162. The zero-order chi connectivity index (χ0) is 12.0. The molecule has 0 saturated carbocycles. The van der Waals surface area contributed by atoms with Gasteiger partial charge in [0.2, 0.25) is 0 Å². The summed E-state index contributed by atoms with van der Waals surface area (Å²) in [5, 5.41) is -0.553. The maximum Gasteiger partial charge on any atom is 0.178 e. The minimum absolute atomic E-state index is 0.122. The summed E-state index contributed by atoms with van der Waals surface area (Å²) < 4.78 is 28.3. The molecular formula is C11H17NO3S. The molecule has 0 amide bonds. The Morgan fingerprint density at radius 2 is 1.94 bits per heavy atom. The fourth-order valence-electron chi connectivity index (χ4n) is 1.11. The van der Waals surface area contributed by atoms with Crippen LogP contribution < -0.4 is 5.73 Å². The fourth-order valence-corrected chi connectivity index (χ4v) is 1.95. The predicted octanol–water partition coefficient (Wildman–Crippen LogP) is 0.923. The van der Waals surface area contributed by atoms with Gasteiger partial charge in [-0.15, -0.1) is 0 Å². The summed E-state index contributed by atoms with van der Waals surface area (Å²) in [6, 6.07) is 9.44. The van der Waals surface area contributed by atoms with Gasteiger partial charge >= 0.3 is 0 Å². The first kappa shape index (κ1) is 13.2. The van der Waals surface area contributed by atoms with Crippen molar-refractivity contribution in [2.45, 2.75) is 18.8 Å². The topological polar surface area (TPSA) is 69.4 Å². The van der Waals surface area contributed by atoms with E-state index in [1.54, 1.807) is 6.92 Å². The van der Waals surface area contributed by atoms with Crippen molar-refractivity contribution in [3.8, 4) is 0 Å². The smallest absolute Gasteiger partial charge is 0.178 e. The van der Waals surface area contributed by atoms with Crippen molar-refractivity contribution >= 4 is 9.84 Å². The lowest BCUT2D eigenvalue weighted by Crippen LogP contribution is -2.29. The molecule has 1 rings (SSSR count). The van der Waals surface area contributed by atoms with Crippen LogP contribution in [0.2, 0.25) is 0 Å². The Kier molecular flexibility index (Phi) is 4.92. The molecule has 2 N–H and O–H groups in total. The fraction of sp³-hybridized carbons (Fsp3) is 0.455.